The summed E-state index contributed by atoms with van der Waals surface area (Å²) in [5, 5.41) is 17.8. The predicted molar refractivity (Wildman–Crippen MR) is 82.3 cm³/mol. The molecular formula is C16H33NNa2O4. The fourth-order valence-corrected chi connectivity index (χ4v) is 1.63. The van der Waals surface area contributed by atoms with Crippen LogP contribution in [0.2, 0.25) is 0 Å². The van der Waals surface area contributed by atoms with E-state index >= 15 is 0 Å². The molecule has 0 aromatic heterocycles. The molecule has 5 nitrogen and oxygen atoms in total. The molecule has 0 saturated carbocycles. The van der Waals surface area contributed by atoms with Crippen LogP contribution >= 0.6 is 0 Å². The molecule has 128 valence electrons. The van der Waals surface area contributed by atoms with Crippen molar-refractivity contribution in [2.24, 2.45) is 5.73 Å². The first-order chi connectivity index (χ1) is 9.88. The number of hydrogen-bond donors (Lipinski definition) is 1. The molecule has 23 heavy (non-hydrogen) atoms. The first-order valence-electron chi connectivity index (χ1n) is 7.93. The Labute approximate surface area is 186 Å². The van der Waals surface area contributed by atoms with Crippen LogP contribution in [0.3, 0.4) is 0 Å². The van der Waals surface area contributed by atoms with Gasteiger partial charge in [-0.05, 0) is 26.8 Å². The number of carboxylic acid groups (broad SMARTS) is 2. The molecule has 0 fully saturated rings. The normalized spacial score (nSPS) is 8.17. The Kier molecular flexibility index (Phi) is 52.3. The Morgan fingerprint density at radius 1 is 0.696 bits per heavy atom. The van der Waals surface area contributed by atoms with Gasteiger partial charge in [0.15, 0.2) is 0 Å². The Hall–Kier alpha value is 0.900. The van der Waals surface area contributed by atoms with Crippen molar-refractivity contribution in [1.82, 2.24) is 0 Å². The molecule has 0 atom stereocenters. The summed E-state index contributed by atoms with van der Waals surface area (Å²) < 4.78 is 0. The van der Waals surface area contributed by atoms with Gasteiger partial charge in [-0.15, -0.1) is 0 Å². The minimum absolute atomic E-state index is 0. The minimum atomic E-state index is -1.08. The van der Waals surface area contributed by atoms with Crippen molar-refractivity contribution in [3.8, 4) is 0 Å². The Bertz CT molecular complexity index is 200. The molecule has 0 radical (unpaired) electrons. The third-order valence-corrected chi connectivity index (χ3v) is 2.56. The number of carboxylic acids is 2. The third-order valence-electron chi connectivity index (χ3n) is 2.56. The van der Waals surface area contributed by atoms with Crippen LogP contribution in [0.5, 0.6) is 0 Å². The fourth-order valence-electron chi connectivity index (χ4n) is 1.63. The van der Waals surface area contributed by atoms with E-state index in [4.69, 9.17) is 25.5 Å². The number of nitrogens with two attached hydrogens (primary N) is 1. The smallest absolute Gasteiger partial charge is 0.550 e. The van der Waals surface area contributed by atoms with Gasteiger partial charge < -0.3 is 25.5 Å². The maximum atomic E-state index is 8.89. The summed E-state index contributed by atoms with van der Waals surface area (Å²) in [6.07, 6.45) is 13.9. The third kappa shape index (κ3) is 84.2. The van der Waals surface area contributed by atoms with Crippen molar-refractivity contribution in [2.75, 3.05) is 6.54 Å². The molecule has 0 aliphatic carbocycles. The van der Waals surface area contributed by atoms with Crippen molar-refractivity contribution < 1.29 is 78.9 Å². The summed E-state index contributed by atoms with van der Waals surface area (Å²) in [5.41, 5.74) is 5.42. The quantitative estimate of drug-likeness (QED) is 0.315. The Morgan fingerprint density at radius 3 is 1.13 bits per heavy atom. The summed E-state index contributed by atoms with van der Waals surface area (Å²) in [6.45, 7) is 5.09. The average molecular weight is 349 g/mol. The van der Waals surface area contributed by atoms with Crippen molar-refractivity contribution >= 4 is 11.9 Å². The van der Waals surface area contributed by atoms with Gasteiger partial charge in [-0.25, -0.2) is 0 Å². The SMILES string of the molecule is CC(=O)[O-].CC(=O)[O-].CCCCCCCCCCCCN.[Na+].[Na+]. The number of unbranched alkanes of at least 4 members (excludes halogenated alkanes) is 9. The summed E-state index contributed by atoms with van der Waals surface area (Å²) in [7, 11) is 0. The van der Waals surface area contributed by atoms with E-state index in [0.717, 1.165) is 20.4 Å². The van der Waals surface area contributed by atoms with Gasteiger partial charge in [0, 0.05) is 11.9 Å². The van der Waals surface area contributed by atoms with E-state index in [1.165, 1.54) is 64.2 Å². The minimum Gasteiger partial charge on any atom is -0.550 e. The molecule has 0 spiro atoms. The molecule has 0 aliphatic heterocycles. The van der Waals surface area contributed by atoms with Gasteiger partial charge in [-0.3, -0.25) is 0 Å². The van der Waals surface area contributed by atoms with Crippen molar-refractivity contribution in [1.29, 1.82) is 0 Å². The summed E-state index contributed by atoms with van der Waals surface area (Å²) in [5.74, 6) is -2.17. The number of carbonyl (C=O) groups excluding carboxylic acids is 2. The maximum absolute atomic E-state index is 8.89. The standard InChI is InChI=1S/C12H27N.2C2H4O2.2Na/c1-2-3-4-5-6-7-8-9-10-11-12-13;2*1-2(3)4;;/h2-13H2,1H3;2*1H3,(H,3,4);;/q;;;2*+1/p-2. The van der Waals surface area contributed by atoms with E-state index in [9.17, 15) is 0 Å². The van der Waals surface area contributed by atoms with Gasteiger partial charge in [-0.2, -0.15) is 0 Å². The van der Waals surface area contributed by atoms with E-state index in [0.29, 0.717) is 0 Å². The van der Waals surface area contributed by atoms with Crippen LogP contribution in [-0.4, -0.2) is 18.5 Å². The molecule has 0 unspecified atom stereocenters. The zero-order valence-electron chi connectivity index (χ0n) is 16.0. The number of carbonyl (C=O) groups is 2. The van der Waals surface area contributed by atoms with Gasteiger partial charge in [0.2, 0.25) is 0 Å². The van der Waals surface area contributed by atoms with Crippen molar-refractivity contribution in [2.45, 2.75) is 85.0 Å². The van der Waals surface area contributed by atoms with Crippen LogP contribution in [0.4, 0.5) is 0 Å². The molecule has 0 heterocycles. The molecule has 0 aromatic rings. The summed E-state index contributed by atoms with van der Waals surface area (Å²) >= 11 is 0. The first kappa shape index (κ1) is 35.1. The predicted octanol–water partition coefficient (Wildman–Crippen LogP) is -4.61. The van der Waals surface area contributed by atoms with E-state index in [1.807, 2.05) is 0 Å². The molecule has 0 aliphatic rings. The Morgan fingerprint density at radius 2 is 0.913 bits per heavy atom. The van der Waals surface area contributed by atoms with Gasteiger partial charge in [0.1, 0.15) is 0 Å². The van der Waals surface area contributed by atoms with Crippen LogP contribution < -0.4 is 75.1 Å². The molecule has 0 amide bonds. The molecule has 0 saturated heterocycles. The van der Waals surface area contributed by atoms with Crippen LogP contribution in [0.15, 0.2) is 0 Å². The van der Waals surface area contributed by atoms with E-state index in [-0.39, 0.29) is 59.1 Å². The number of aliphatic carboxylic acids is 2. The van der Waals surface area contributed by atoms with Crippen molar-refractivity contribution in [3.05, 3.63) is 0 Å². The zero-order chi connectivity index (χ0) is 16.9. The van der Waals surface area contributed by atoms with Crippen LogP contribution in [0.25, 0.3) is 0 Å². The average Bonchev–Trinajstić information content (AvgIpc) is 2.35. The molecule has 0 aromatic carbocycles. The molecule has 0 bridgehead atoms. The van der Waals surface area contributed by atoms with Crippen LogP contribution in [0.1, 0.15) is 85.0 Å². The largest absolute Gasteiger partial charge is 1.00 e. The second-order valence-electron chi connectivity index (χ2n) is 4.95. The molecule has 7 heteroatoms. The monoisotopic (exact) mass is 349 g/mol. The van der Waals surface area contributed by atoms with Gasteiger partial charge >= 0.3 is 59.1 Å². The van der Waals surface area contributed by atoms with Gasteiger partial charge in [-0.1, -0.05) is 64.7 Å². The van der Waals surface area contributed by atoms with Crippen molar-refractivity contribution in [3.63, 3.8) is 0 Å². The maximum Gasteiger partial charge on any atom is 1.00 e. The topological polar surface area (TPSA) is 106 Å². The first-order valence-corrected chi connectivity index (χ1v) is 7.93. The molecule has 0 rings (SSSR count). The van der Waals surface area contributed by atoms with E-state index in [1.54, 1.807) is 0 Å². The fraction of sp³-hybridized carbons (Fsp3) is 0.875. The van der Waals surface area contributed by atoms with E-state index in [2.05, 4.69) is 6.92 Å². The summed E-state index contributed by atoms with van der Waals surface area (Å²) in [4.78, 5) is 17.8. The van der Waals surface area contributed by atoms with Crippen LogP contribution in [0, 0.1) is 0 Å². The second kappa shape index (κ2) is 34.3. The zero-order valence-corrected chi connectivity index (χ0v) is 20.0. The van der Waals surface area contributed by atoms with Gasteiger partial charge in [0.05, 0.1) is 0 Å². The Balaban J connectivity index is -0.0000000909. The van der Waals surface area contributed by atoms with Gasteiger partial charge in [0.25, 0.3) is 0 Å². The number of hydrogen-bond acceptors (Lipinski definition) is 5. The molecule has 2 N–H and O–H groups in total. The van der Waals surface area contributed by atoms with E-state index < -0.39 is 11.9 Å². The van der Waals surface area contributed by atoms with Crippen LogP contribution in [-0.2, 0) is 9.59 Å². The number of rotatable bonds is 10. The molecular weight excluding hydrogens is 316 g/mol. The summed E-state index contributed by atoms with van der Waals surface area (Å²) in [6, 6.07) is 0. The second-order valence-corrected chi connectivity index (χ2v) is 4.95.